The second kappa shape index (κ2) is 8.06. The van der Waals surface area contributed by atoms with Gasteiger partial charge in [0.1, 0.15) is 6.04 Å². The van der Waals surface area contributed by atoms with Crippen molar-refractivity contribution >= 4 is 29.6 Å². The van der Waals surface area contributed by atoms with Crippen molar-refractivity contribution in [2.75, 3.05) is 20.3 Å². The molecule has 24 heavy (non-hydrogen) atoms. The van der Waals surface area contributed by atoms with Crippen molar-refractivity contribution < 1.29 is 24.2 Å². The molecule has 130 valence electrons. The molecule has 1 heterocycles. The average molecular weight is 354 g/mol. The number of amides is 1. The Morgan fingerprint density at radius 1 is 1.46 bits per heavy atom. The molecule has 1 saturated heterocycles. The topological polar surface area (TPSA) is 76.1 Å². The minimum absolute atomic E-state index is 0.330. The molecule has 0 spiro atoms. The van der Waals surface area contributed by atoms with Gasteiger partial charge in [0.05, 0.1) is 18.7 Å². The number of hydrogen-bond acceptors (Lipinski definition) is 4. The number of aliphatic carboxylic acids is 1. The van der Waals surface area contributed by atoms with Gasteiger partial charge in [0.25, 0.3) is 0 Å². The first kappa shape index (κ1) is 18.1. The summed E-state index contributed by atoms with van der Waals surface area (Å²) < 4.78 is 10.7. The molecule has 1 aromatic carbocycles. The van der Waals surface area contributed by atoms with Crippen LogP contribution in [0.2, 0.25) is 5.02 Å². The second-order valence-corrected chi connectivity index (χ2v) is 5.74. The molecule has 1 amide bonds. The molecule has 6 nitrogen and oxygen atoms in total. The molecule has 0 aliphatic carbocycles. The van der Waals surface area contributed by atoms with Crippen LogP contribution in [-0.2, 0) is 9.59 Å². The van der Waals surface area contributed by atoms with Gasteiger partial charge >= 0.3 is 5.97 Å². The number of likely N-dealkylation sites (tertiary alicyclic amines) is 1. The van der Waals surface area contributed by atoms with E-state index in [1.807, 2.05) is 6.92 Å². The molecule has 1 atom stereocenters. The molecule has 7 heteroatoms. The van der Waals surface area contributed by atoms with Gasteiger partial charge in [0, 0.05) is 12.6 Å². The van der Waals surface area contributed by atoms with Gasteiger partial charge in [-0.3, -0.25) is 4.79 Å². The van der Waals surface area contributed by atoms with Crippen LogP contribution in [0.4, 0.5) is 0 Å². The first-order valence-corrected chi connectivity index (χ1v) is 8.07. The standard InChI is InChI=1S/C17H20ClNO5/c1-3-24-16-12(18)9-11(10-14(16)23-2)6-7-15(20)19-8-4-5-13(19)17(21)22/h6-7,9-10,13H,3-5,8H2,1-2H3,(H,21,22)/t13-/m1/s1. The van der Waals surface area contributed by atoms with Crippen LogP contribution in [0.25, 0.3) is 6.08 Å². The summed E-state index contributed by atoms with van der Waals surface area (Å²) in [5.41, 5.74) is 0.666. The number of carboxylic acids is 1. The molecule has 0 bridgehead atoms. The fraction of sp³-hybridized carbons (Fsp3) is 0.412. The monoisotopic (exact) mass is 353 g/mol. The third-order valence-corrected chi connectivity index (χ3v) is 4.06. The minimum Gasteiger partial charge on any atom is -0.493 e. The van der Waals surface area contributed by atoms with E-state index in [4.69, 9.17) is 26.2 Å². The predicted octanol–water partition coefficient (Wildman–Crippen LogP) is 2.84. The van der Waals surface area contributed by atoms with E-state index in [0.29, 0.717) is 48.1 Å². The Kier molecular flexibility index (Phi) is 6.09. The summed E-state index contributed by atoms with van der Waals surface area (Å²) in [7, 11) is 1.51. The molecular weight excluding hydrogens is 334 g/mol. The van der Waals surface area contributed by atoms with E-state index in [1.54, 1.807) is 18.2 Å². The number of carboxylic acid groups (broad SMARTS) is 1. The highest BCUT2D eigenvalue weighted by molar-refractivity contribution is 6.32. The molecule has 1 aliphatic rings. The van der Waals surface area contributed by atoms with Gasteiger partial charge < -0.3 is 19.5 Å². The van der Waals surface area contributed by atoms with Gasteiger partial charge in [0.15, 0.2) is 11.5 Å². The Balaban J connectivity index is 2.18. The number of halogens is 1. The first-order chi connectivity index (χ1) is 11.5. The third-order valence-electron chi connectivity index (χ3n) is 3.78. The first-order valence-electron chi connectivity index (χ1n) is 7.69. The number of carbonyl (C=O) groups excluding carboxylic acids is 1. The quantitative estimate of drug-likeness (QED) is 0.796. The van der Waals surface area contributed by atoms with Crippen molar-refractivity contribution in [3.8, 4) is 11.5 Å². The maximum Gasteiger partial charge on any atom is 0.326 e. The Hall–Kier alpha value is -2.21. The summed E-state index contributed by atoms with van der Waals surface area (Å²) in [5, 5.41) is 9.52. The lowest BCUT2D eigenvalue weighted by atomic mass is 10.1. The second-order valence-electron chi connectivity index (χ2n) is 5.33. The van der Waals surface area contributed by atoms with Gasteiger partial charge in [-0.05, 0) is 43.5 Å². The van der Waals surface area contributed by atoms with Crippen molar-refractivity contribution in [1.29, 1.82) is 0 Å². The van der Waals surface area contributed by atoms with Crippen LogP contribution in [-0.4, -0.2) is 48.2 Å². The van der Waals surface area contributed by atoms with Crippen LogP contribution in [0.15, 0.2) is 18.2 Å². The highest BCUT2D eigenvalue weighted by Gasteiger charge is 2.32. The fourth-order valence-electron chi connectivity index (χ4n) is 2.67. The zero-order chi connectivity index (χ0) is 17.7. The summed E-state index contributed by atoms with van der Waals surface area (Å²) in [4.78, 5) is 24.7. The molecule has 0 aromatic heterocycles. The number of ether oxygens (including phenoxy) is 2. The number of hydrogen-bond donors (Lipinski definition) is 1. The van der Waals surface area contributed by atoms with Gasteiger partial charge in [-0.1, -0.05) is 11.6 Å². The van der Waals surface area contributed by atoms with E-state index in [0.717, 1.165) is 0 Å². The molecule has 0 unspecified atom stereocenters. The Morgan fingerprint density at radius 3 is 2.83 bits per heavy atom. The van der Waals surface area contributed by atoms with Crippen molar-refractivity contribution in [2.45, 2.75) is 25.8 Å². The molecular formula is C17H20ClNO5. The number of carbonyl (C=O) groups is 2. The normalized spacial score (nSPS) is 17.3. The van der Waals surface area contributed by atoms with Crippen LogP contribution in [0.3, 0.4) is 0 Å². The Morgan fingerprint density at radius 2 is 2.21 bits per heavy atom. The Bertz CT molecular complexity index is 659. The minimum atomic E-state index is -0.972. The predicted molar refractivity (Wildman–Crippen MR) is 90.6 cm³/mol. The van der Waals surface area contributed by atoms with E-state index in [2.05, 4.69) is 0 Å². The SMILES string of the molecule is CCOc1c(Cl)cc(C=CC(=O)N2CCC[C@@H]2C(=O)O)cc1OC. The van der Waals surface area contributed by atoms with E-state index in [9.17, 15) is 9.59 Å². The van der Waals surface area contributed by atoms with E-state index in [1.165, 1.54) is 18.1 Å². The lowest BCUT2D eigenvalue weighted by Gasteiger charge is -2.19. The van der Waals surface area contributed by atoms with Crippen LogP contribution in [0.5, 0.6) is 11.5 Å². The summed E-state index contributed by atoms with van der Waals surface area (Å²) in [5.74, 6) is -0.374. The molecule has 1 N–H and O–H groups in total. The third kappa shape index (κ3) is 4.00. The van der Waals surface area contributed by atoms with Gasteiger partial charge in [0.2, 0.25) is 5.91 Å². The lowest BCUT2D eigenvalue weighted by molar-refractivity contribution is -0.146. The number of rotatable bonds is 6. The van der Waals surface area contributed by atoms with Crippen LogP contribution < -0.4 is 9.47 Å². The summed E-state index contributed by atoms with van der Waals surface area (Å²) in [6.07, 6.45) is 4.12. The van der Waals surface area contributed by atoms with Crippen molar-refractivity contribution in [2.24, 2.45) is 0 Å². The molecule has 1 fully saturated rings. The van der Waals surface area contributed by atoms with E-state index >= 15 is 0 Å². The van der Waals surface area contributed by atoms with Gasteiger partial charge in [-0.15, -0.1) is 0 Å². The number of nitrogens with zero attached hydrogens (tertiary/aromatic N) is 1. The maximum atomic E-state index is 12.2. The average Bonchev–Trinajstić information content (AvgIpc) is 3.04. The summed E-state index contributed by atoms with van der Waals surface area (Å²) in [6, 6.07) is 2.62. The van der Waals surface area contributed by atoms with E-state index in [-0.39, 0.29) is 5.91 Å². The maximum absolute atomic E-state index is 12.2. The molecule has 0 radical (unpaired) electrons. The van der Waals surface area contributed by atoms with Crippen LogP contribution in [0, 0.1) is 0 Å². The number of benzene rings is 1. The highest BCUT2D eigenvalue weighted by Crippen LogP contribution is 2.36. The molecule has 0 saturated carbocycles. The molecule has 2 rings (SSSR count). The van der Waals surface area contributed by atoms with Crippen molar-refractivity contribution in [3.05, 3.63) is 28.8 Å². The lowest BCUT2D eigenvalue weighted by Crippen LogP contribution is -2.39. The number of methoxy groups -OCH3 is 1. The summed E-state index contributed by atoms with van der Waals surface area (Å²) in [6.45, 7) is 2.75. The molecule has 1 aliphatic heterocycles. The summed E-state index contributed by atoms with van der Waals surface area (Å²) >= 11 is 6.19. The van der Waals surface area contributed by atoms with Gasteiger partial charge in [-0.25, -0.2) is 4.79 Å². The fourth-order valence-corrected chi connectivity index (χ4v) is 2.94. The van der Waals surface area contributed by atoms with Gasteiger partial charge in [-0.2, -0.15) is 0 Å². The van der Waals surface area contributed by atoms with Crippen LogP contribution >= 0.6 is 11.6 Å². The Labute approximate surface area is 145 Å². The molecule has 1 aromatic rings. The smallest absolute Gasteiger partial charge is 0.326 e. The van der Waals surface area contributed by atoms with Crippen molar-refractivity contribution in [3.63, 3.8) is 0 Å². The van der Waals surface area contributed by atoms with Crippen LogP contribution in [0.1, 0.15) is 25.3 Å². The zero-order valence-electron chi connectivity index (χ0n) is 13.6. The van der Waals surface area contributed by atoms with E-state index < -0.39 is 12.0 Å². The zero-order valence-corrected chi connectivity index (χ0v) is 14.4. The highest BCUT2D eigenvalue weighted by atomic mass is 35.5. The largest absolute Gasteiger partial charge is 0.493 e. The van der Waals surface area contributed by atoms with Crippen molar-refractivity contribution in [1.82, 2.24) is 4.90 Å².